The Labute approximate surface area is 309 Å². The second-order valence-electron chi connectivity index (χ2n) is 14.0. The van der Waals surface area contributed by atoms with Gasteiger partial charge in [-0.3, -0.25) is 0 Å². The van der Waals surface area contributed by atoms with Crippen LogP contribution in [0.15, 0.2) is 180 Å². The molecular weight excluding hydrogens is 667 g/mol. The molecule has 4 heteroatoms. The Bertz CT molecular complexity index is 3070. The van der Waals surface area contributed by atoms with Gasteiger partial charge in [0.15, 0.2) is 0 Å². The molecule has 8 aromatic carbocycles. The summed E-state index contributed by atoms with van der Waals surface area (Å²) in [6.07, 6.45) is 0. The summed E-state index contributed by atoms with van der Waals surface area (Å²) in [5, 5.41) is 4.57. The summed E-state index contributed by atoms with van der Waals surface area (Å²) >= 11 is 1.82. The standard InChI is InChI=1S/C49H29NO2S/c1-2-14-30(15-3-1)50(41-29-36-34-18-6-11-23-42(34)52-47(36)46-35-19-7-13-25-45(35)53-48(41)46)31-26-27-40-44(28-31)51-43-24-12-10-22-39(43)49(40)37-20-8-4-16-32(37)33-17-5-9-21-38(33)49/h1-29H. The zero-order valence-electron chi connectivity index (χ0n) is 28.4. The van der Waals surface area contributed by atoms with Gasteiger partial charge in [-0.25, -0.2) is 0 Å². The van der Waals surface area contributed by atoms with Crippen LogP contribution in [0.3, 0.4) is 0 Å². The lowest BCUT2D eigenvalue weighted by molar-refractivity contribution is 0.436. The third-order valence-electron chi connectivity index (χ3n) is 11.3. The second kappa shape index (κ2) is 10.7. The van der Waals surface area contributed by atoms with Crippen molar-refractivity contribution < 1.29 is 9.15 Å². The Balaban J connectivity index is 1.16. The molecule has 1 aliphatic carbocycles. The van der Waals surface area contributed by atoms with Gasteiger partial charge in [-0.2, -0.15) is 0 Å². The molecule has 0 saturated heterocycles. The Kier molecular flexibility index (Phi) is 5.86. The molecule has 0 bridgehead atoms. The minimum Gasteiger partial charge on any atom is -0.457 e. The molecule has 1 spiro atoms. The number of furan rings is 1. The second-order valence-corrected chi connectivity index (χ2v) is 15.0. The smallest absolute Gasteiger partial charge is 0.144 e. The van der Waals surface area contributed by atoms with Gasteiger partial charge in [0.05, 0.1) is 15.8 Å². The third-order valence-corrected chi connectivity index (χ3v) is 12.5. The van der Waals surface area contributed by atoms with Crippen molar-refractivity contribution >= 4 is 70.5 Å². The van der Waals surface area contributed by atoms with E-state index >= 15 is 0 Å². The fourth-order valence-corrected chi connectivity index (χ4v) is 10.4. The van der Waals surface area contributed by atoms with Crippen molar-refractivity contribution in [3.8, 4) is 22.6 Å². The van der Waals surface area contributed by atoms with Gasteiger partial charge in [0, 0.05) is 54.8 Å². The van der Waals surface area contributed by atoms with Crippen molar-refractivity contribution in [1.82, 2.24) is 0 Å². The fourth-order valence-electron chi connectivity index (χ4n) is 9.21. The maximum Gasteiger partial charge on any atom is 0.144 e. The average Bonchev–Trinajstić information content (AvgIpc) is 3.88. The van der Waals surface area contributed by atoms with Crippen LogP contribution in [0, 0.1) is 0 Å². The van der Waals surface area contributed by atoms with Crippen LogP contribution in [-0.4, -0.2) is 0 Å². The lowest BCUT2D eigenvalue weighted by Crippen LogP contribution is -2.32. The first-order valence-corrected chi connectivity index (χ1v) is 18.8. The highest BCUT2D eigenvalue weighted by Crippen LogP contribution is 2.62. The van der Waals surface area contributed by atoms with E-state index in [9.17, 15) is 0 Å². The molecule has 53 heavy (non-hydrogen) atoms. The number of ether oxygens (including phenoxy) is 1. The molecule has 0 fully saturated rings. The van der Waals surface area contributed by atoms with Gasteiger partial charge in [-0.05, 0) is 64.7 Å². The SMILES string of the molecule is c1ccc(N(c2ccc3c(c2)Oc2ccccc2C32c3ccccc3-c3ccccc32)c2cc3c4ccccc4oc3c3c2sc2ccccc23)cc1. The number of para-hydroxylation sites is 3. The van der Waals surface area contributed by atoms with Gasteiger partial charge in [-0.1, -0.05) is 127 Å². The molecule has 3 heterocycles. The van der Waals surface area contributed by atoms with Crippen LogP contribution >= 0.6 is 11.3 Å². The van der Waals surface area contributed by atoms with E-state index in [-0.39, 0.29) is 0 Å². The van der Waals surface area contributed by atoms with Crippen molar-refractivity contribution in [2.45, 2.75) is 5.41 Å². The molecular formula is C49H29NO2S. The van der Waals surface area contributed by atoms with Gasteiger partial charge in [0.2, 0.25) is 0 Å². The van der Waals surface area contributed by atoms with E-state index in [1.807, 2.05) is 17.4 Å². The Morgan fingerprint density at radius 2 is 1.11 bits per heavy atom. The topological polar surface area (TPSA) is 25.6 Å². The molecule has 1 aliphatic heterocycles. The monoisotopic (exact) mass is 695 g/mol. The van der Waals surface area contributed by atoms with E-state index in [1.54, 1.807) is 0 Å². The highest BCUT2D eigenvalue weighted by Gasteiger charge is 2.51. The number of hydrogen-bond acceptors (Lipinski definition) is 4. The van der Waals surface area contributed by atoms with Gasteiger partial charge in [-0.15, -0.1) is 11.3 Å². The summed E-state index contributed by atoms with van der Waals surface area (Å²) < 4.78 is 16.0. The molecule has 12 rings (SSSR count). The number of hydrogen-bond donors (Lipinski definition) is 0. The number of fused-ring (bicyclic) bond motifs is 16. The molecule has 0 amide bonds. The number of thiophene rings is 1. The number of nitrogens with zero attached hydrogens (tertiary/aromatic N) is 1. The molecule has 0 atom stereocenters. The number of benzene rings is 8. The van der Waals surface area contributed by atoms with Gasteiger partial charge in [0.25, 0.3) is 0 Å². The summed E-state index contributed by atoms with van der Waals surface area (Å²) in [6, 6.07) is 63.2. The van der Waals surface area contributed by atoms with Crippen LogP contribution in [0.2, 0.25) is 0 Å². The van der Waals surface area contributed by atoms with E-state index in [0.29, 0.717) is 0 Å². The molecule has 0 saturated carbocycles. The Hall–Kier alpha value is -6.62. The first kappa shape index (κ1) is 29.0. The van der Waals surface area contributed by atoms with Gasteiger partial charge in [0.1, 0.15) is 22.7 Å². The van der Waals surface area contributed by atoms with Crippen molar-refractivity contribution in [3.05, 3.63) is 198 Å². The first-order valence-electron chi connectivity index (χ1n) is 18.0. The van der Waals surface area contributed by atoms with Gasteiger partial charge >= 0.3 is 0 Å². The van der Waals surface area contributed by atoms with E-state index < -0.39 is 5.41 Å². The van der Waals surface area contributed by atoms with E-state index in [0.717, 1.165) is 61.4 Å². The van der Waals surface area contributed by atoms with Crippen molar-refractivity contribution in [2.24, 2.45) is 0 Å². The van der Waals surface area contributed by atoms with Crippen molar-refractivity contribution in [3.63, 3.8) is 0 Å². The average molecular weight is 696 g/mol. The largest absolute Gasteiger partial charge is 0.457 e. The zero-order valence-corrected chi connectivity index (χ0v) is 29.2. The van der Waals surface area contributed by atoms with Crippen molar-refractivity contribution in [2.75, 3.05) is 4.90 Å². The molecule has 3 nitrogen and oxygen atoms in total. The molecule has 2 aromatic heterocycles. The van der Waals surface area contributed by atoms with Gasteiger partial charge < -0.3 is 14.1 Å². The highest BCUT2D eigenvalue weighted by molar-refractivity contribution is 7.26. The quantitative estimate of drug-likeness (QED) is 0.184. The molecule has 0 radical (unpaired) electrons. The summed E-state index contributed by atoms with van der Waals surface area (Å²) in [4.78, 5) is 2.40. The molecule has 248 valence electrons. The van der Waals surface area contributed by atoms with Crippen LogP contribution < -0.4 is 9.64 Å². The zero-order chi connectivity index (χ0) is 34.7. The summed E-state index contributed by atoms with van der Waals surface area (Å²) in [6.45, 7) is 0. The number of rotatable bonds is 3. The summed E-state index contributed by atoms with van der Waals surface area (Å²) in [5.74, 6) is 1.74. The normalized spacial score (nSPS) is 13.6. The lowest BCUT2D eigenvalue weighted by Gasteiger charge is -2.40. The van der Waals surface area contributed by atoms with Crippen LogP contribution in [0.1, 0.15) is 22.3 Å². The fraction of sp³-hybridized carbons (Fsp3) is 0.0204. The van der Waals surface area contributed by atoms with Crippen LogP contribution in [0.25, 0.3) is 53.2 Å². The third kappa shape index (κ3) is 3.83. The summed E-state index contributed by atoms with van der Waals surface area (Å²) in [7, 11) is 0. The highest BCUT2D eigenvalue weighted by atomic mass is 32.1. The lowest BCUT2D eigenvalue weighted by atomic mass is 9.66. The molecule has 0 N–H and O–H groups in total. The molecule has 0 unspecified atom stereocenters. The van der Waals surface area contributed by atoms with E-state index in [4.69, 9.17) is 9.15 Å². The van der Waals surface area contributed by atoms with E-state index in [2.05, 4.69) is 175 Å². The van der Waals surface area contributed by atoms with Crippen LogP contribution in [-0.2, 0) is 5.41 Å². The predicted molar refractivity (Wildman–Crippen MR) is 219 cm³/mol. The minimum atomic E-state index is -0.513. The maximum absolute atomic E-state index is 6.97. The predicted octanol–water partition coefficient (Wildman–Crippen LogP) is 13.9. The van der Waals surface area contributed by atoms with Crippen LogP contribution in [0.5, 0.6) is 11.5 Å². The first-order chi connectivity index (χ1) is 26.3. The summed E-state index contributed by atoms with van der Waals surface area (Å²) in [5.41, 5.74) is 11.9. The Morgan fingerprint density at radius 1 is 0.472 bits per heavy atom. The molecule has 2 aliphatic rings. The molecule has 10 aromatic rings. The van der Waals surface area contributed by atoms with Crippen molar-refractivity contribution in [1.29, 1.82) is 0 Å². The number of anilines is 3. The Morgan fingerprint density at radius 3 is 1.92 bits per heavy atom. The van der Waals surface area contributed by atoms with Crippen LogP contribution in [0.4, 0.5) is 17.1 Å². The van der Waals surface area contributed by atoms with E-state index in [1.165, 1.54) is 42.6 Å². The minimum absolute atomic E-state index is 0.513. The maximum atomic E-state index is 6.97.